The molecule has 1 aliphatic rings. The standard InChI is InChI=1S/C11H15N3O2/c1-7-3-8(7)6-14(2)11-12-4-9(5-13-11)10(15)16/h4-5,7-8H,3,6H2,1-2H3,(H,15,16). The Morgan fingerprint density at radius 3 is 2.56 bits per heavy atom. The van der Waals surface area contributed by atoms with Crippen molar-refractivity contribution in [3.8, 4) is 0 Å². The minimum Gasteiger partial charge on any atom is -0.478 e. The molecule has 0 radical (unpaired) electrons. The summed E-state index contributed by atoms with van der Waals surface area (Å²) in [5, 5.41) is 8.71. The second kappa shape index (κ2) is 4.08. The third-order valence-electron chi connectivity index (χ3n) is 3.01. The second-order valence-electron chi connectivity index (χ2n) is 4.43. The molecular formula is C11H15N3O2. The summed E-state index contributed by atoms with van der Waals surface area (Å²) in [5.74, 6) is 1.11. The lowest BCUT2D eigenvalue weighted by molar-refractivity contribution is 0.0696. The van der Waals surface area contributed by atoms with E-state index in [2.05, 4.69) is 16.9 Å². The number of aromatic carboxylic acids is 1. The number of carboxylic acid groups (broad SMARTS) is 1. The van der Waals surface area contributed by atoms with Crippen LogP contribution in [0.15, 0.2) is 12.4 Å². The molecule has 16 heavy (non-hydrogen) atoms. The van der Waals surface area contributed by atoms with E-state index in [0.717, 1.165) is 18.4 Å². The van der Waals surface area contributed by atoms with Gasteiger partial charge >= 0.3 is 5.97 Å². The molecule has 2 unspecified atom stereocenters. The molecule has 1 saturated carbocycles. The minimum atomic E-state index is -0.995. The maximum atomic E-state index is 10.6. The normalized spacial score (nSPS) is 22.9. The zero-order chi connectivity index (χ0) is 11.7. The van der Waals surface area contributed by atoms with Crippen molar-refractivity contribution < 1.29 is 9.90 Å². The maximum Gasteiger partial charge on any atom is 0.338 e. The third kappa shape index (κ3) is 2.29. The van der Waals surface area contributed by atoms with Crippen molar-refractivity contribution in [2.75, 3.05) is 18.5 Å². The monoisotopic (exact) mass is 221 g/mol. The van der Waals surface area contributed by atoms with Crippen molar-refractivity contribution in [2.45, 2.75) is 13.3 Å². The first-order valence-electron chi connectivity index (χ1n) is 5.34. The predicted octanol–water partition coefficient (Wildman–Crippen LogP) is 1.27. The molecule has 0 amide bonds. The Hall–Kier alpha value is -1.65. The molecule has 0 bridgehead atoms. The van der Waals surface area contributed by atoms with E-state index >= 15 is 0 Å². The van der Waals surface area contributed by atoms with Crippen LogP contribution in [-0.2, 0) is 0 Å². The third-order valence-corrected chi connectivity index (χ3v) is 3.01. The predicted molar refractivity (Wildman–Crippen MR) is 59.5 cm³/mol. The van der Waals surface area contributed by atoms with Gasteiger partial charge in [-0.15, -0.1) is 0 Å². The lowest BCUT2D eigenvalue weighted by atomic mass is 10.3. The van der Waals surface area contributed by atoms with Crippen molar-refractivity contribution in [3.63, 3.8) is 0 Å². The van der Waals surface area contributed by atoms with Crippen LogP contribution in [0.1, 0.15) is 23.7 Å². The fourth-order valence-corrected chi connectivity index (χ4v) is 1.72. The molecule has 1 aliphatic carbocycles. The maximum absolute atomic E-state index is 10.6. The highest BCUT2D eigenvalue weighted by Crippen LogP contribution is 2.38. The summed E-state index contributed by atoms with van der Waals surface area (Å²) in [5.41, 5.74) is 0.122. The Kier molecular flexibility index (Phi) is 2.77. The van der Waals surface area contributed by atoms with E-state index in [4.69, 9.17) is 5.11 Å². The molecule has 2 rings (SSSR count). The van der Waals surface area contributed by atoms with Crippen LogP contribution in [0.4, 0.5) is 5.95 Å². The van der Waals surface area contributed by atoms with E-state index in [9.17, 15) is 4.79 Å². The van der Waals surface area contributed by atoms with Crippen molar-refractivity contribution in [1.82, 2.24) is 9.97 Å². The molecule has 0 aromatic carbocycles. The van der Waals surface area contributed by atoms with Crippen molar-refractivity contribution in [2.24, 2.45) is 11.8 Å². The van der Waals surface area contributed by atoms with Crippen LogP contribution in [0.2, 0.25) is 0 Å². The summed E-state index contributed by atoms with van der Waals surface area (Å²) in [7, 11) is 1.93. The highest BCUT2D eigenvalue weighted by Gasteiger charge is 2.33. The van der Waals surface area contributed by atoms with Gasteiger partial charge in [0.05, 0.1) is 5.56 Å². The molecule has 1 aromatic heterocycles. The van der Waals surface area contributed by atoms with E-state index in [1.165, 1.54) is 18.8 Å². The number of anilines is 1. The fraction of sp³-hybridized carbons (Fsp3) is 0.545. The van der Waals surface area contributed by atoms with Gasteiger partial charge in [-0.05, 0) is 18.3 Å². The van der Waals surface area contributed by atoms with Crippen molar-refractivity contribution in [3.05, 3.63) is 18.0 Å². The summed E-state index contributed by atoms with van der Waals surface area (Å²) < 4.78 is 0. The summed E-state index contributed by atoms with van der Waals surface area (Å²) in [6, 6.07) is 0. The largest absolute Gasteiger partial charge is 0.478 e. The van der Waals surface area contributed by atoms with Crippen LogP contribution in [-0.4, -0.2) is 34.6 Å². The molecule has 1 heterocycles. The summed E-state index contributed by atoms with van der Waals surface area (Å²) in [6.07, 6.45) is 3.95. The van der Waals surface area contributed by atoms with Gasteiger partial charge in [-0.25, -0.2) is 14.8 Å². The SMILES string of the molecule is CC1CC1CN(C)c1ncc(C(=O)O)cn1. The Morgan fingerprint density at radius 2 is 2.12 bits per heavy atom. The number of nitrogens with zero attached hydrogens (tertiary/aromatic N) is 3. The number of aromatic nitrogens is 2. The fourth-order valence-electron chi connectivity index (χ4n) is 1.72. The molecule has 0 spiro atoms. The van der Waals surface area contributed by atoms with Gasteiger partial charge in [0.1, 0.15) is 0 Å². The smallest absolute Gasteiger partial charge is 0.338 e. The number of carboxylic acids is 1. The lowest BCUT2D eigenvalue weighted by Gasteiger charge is -2.16. The van der Waals surface area contributed by atoms with Crippen LogP contribution < -0.4 is 4.90 Å². The molecule has 1 fully saturated rings. The van der Waals surface area contributed by atoms with Gasteiger partial charge in [0, 0.05) is 26.0 Å². The first-order chi connectivity index (χ1) is 7.58. The van der Waals surface area contributed by atoms with Gasteiger partial charge < -0.3 is 10.0 Å². The number of hydrogen-bond acceptors (Lipinski definition) is 4. The van der Waals surface area contributed by atoms with E-state index in [1.54, 1.807) is 0 Å². The Morgan fingerprint density at radius 1 is 1.56 bits per heavy atom. The Bertz CT molecular complexity index is 391. The topological polar surface area (TPSA) is 66.3 Å². The van der Waals surface area contributed by atoms with Crippen LogP contribution in [0.25, 0.3) is 0 Å². The molecule has 5 heteroatoms. The van der Waals surface area contributed by atoms with E-state index in [0.29, 0.717) is 5.95 Å². The van der Waals surface area contributed by atoms with Crippen molar-refractivity contribution >= 4 is 11.9 Å². The van der Waals surface area contributed by atoms with Crippen LogP contribution in [0, 0.1) is 11.8 Å². The number of rotatable bonds is 4. The second-order valence-corrected chi connectivity index (χ2v) is 4.43. The lowest BCUT2D eigenvalue weighted by Crippen LogP contribution is -2.23. The molecular weight excluding hydrogens is 206 g/mol. The Balaban J connectivity index is 2.00. The zero-order valence-electron chi connectivity index (χ0n) is 9.42. The molecule has 2 atom stereocenters. The van der Waals surface area contributed by atoms with Gasteiger partial charge in [0.15, 0.2) is 0 Å². The van der Waals surface area contributed by atoms with E-state index < -0.39 is 5.97 Å². The van der Waals surface area contributed by atoms with Crippen molar-refractivity contribution in [1.29, 1.82) is 0 Å². The van der Waals surface area contributed by atoms with Gasteiger partial charge in [0.25, 0.3) is 0 Å². The molecule has 0 saturated heterocycles. The van der Waals surface area contributed by atoms with Gasteiger partial charge in [-0.2, -0.15) is 0 Å². The molecule has 0 aliphatic heterocycles. The Labute approximate surface area is 94.1 Å². The van der Waals surface area contributed by atoms with Crippen LogP contribution in [0.5, 0.6) is 0 Å². The van der Waals surface area contributed by atoms with Crippen LogP contribution in [0.3, 0.4) is 0 Å². The zero-order valence-corrected chi connectivity index (χ0v) is 9.42. The van der Waals surface area contributed by atoms with E-state index in [1.807, 2.05) is 11.9 Å². The number of carbonyl (C=O) groups is 1. The average molecular weight is 221 g/mol. The molecule has 1 N–H and O–H groups in total. The van der Waals surface area contributed by atoms with Gasteiger partial charge in [-0.1, -0.05) is 6.92 Å². The summed E-state index contributed by atoms with van der Waals surface area (Å²) >= 11 is 0. The highest BCUT2D eigenvalue weighted by atomic mass is 16.4. The minimum absolute atomic E-state index is 0.122. The van der Waals surface area contributed by atoms with E-state index in [-0.39, 0.29) is 5.56 Å². The first kappa shape index (κ1) is 10.9. The first-order valence-corrected chi connectivity index (χ1v) is 5.34. The van der Waals surface area contributed by atoms with Gasteiger partial charge in [0.2, 0.25) is 5.95 Å². The highest BCUT2D eigenvalue weighted by molar-refractivity contribution is 5.86. The quantitative estimate of drug-likeness (QED) is 0.829. The number of hydrogen-bond donors (Lipinski definition) is 1. The van der Waals surface area contributed by atoms with Gasteiger partial charge in [-0.3, -0.25) is 0 Å². The average Bonchev–Trinajstić information content (AvgIpc) is 2.94. The molecule has 1 aromatic rings. The molecule has 5 nitrogen and oxygen atoms in total. The summed E-state index contributed by atoms with van der Waals surface area (Å²) in [6.45, 7) is 3.17. The summed E-state index contributed by atoms with van der Waals surface area (Å²) in [4.78, 5) is 20.7. The molecule has 86 valence electrons. The van der Waals surface area contributed by atoms with Crippen LogP contribution >= 0.6 is 0 Å².